The van der Waals surface area contributed by atoms with E-state index in [4.69, 9.17) is 0 Å². The maximum absolute atomic E-state index is 12.7. The summed E-state index contributed by atoms with van der Waals surface area (Å²) in [6, 6.07) is 23.0. The predicted molar refractivity (Wildman–Crippen MR) is 100 cm³/mol. The molecule has 26 heavy (non-hydrogen) atoms. The van der Waals surface area contributed by atoms with Gasteiger partial charge in [-0.1, -0.05) is 54.6 Å². The third kappa shape index (κ3) is 3.32. The molecule has 4 aromatic rings. The van der Waals surface area contributed by atoms with E-state index in [1.807, 2.05) is 72.8 Å². The van der Waals surface area contributed by atoms with E-state index in [0.717, 1.165) is 27.9 Å². The minimum atomic E-state index is -0.293. The van der Waals surface area contributed by atoms with Crippen molar-refractivity contribution in [3.8, 4) is 0 Å². The van der Waals surface area contributed by atoms with Gasteiger partial charge in [0.1, 0.15) is 0 Å². The molecule has 0 spiro atoms. The minimum absolute atomic E-state index is 0.0843. The molecule has 0 unspecified atom stereocenters. The normalized spacial score (nSPS) is 12.0. The van der Waals surface area contributed by atoms with Gasteiger partial charge in [0.2, 0.25) is 5.91 Å². The third-order valence-electron chi connectivity index (χ3n) is 4.30. The summed E-state index contributed by atoms with van der Waals surface area (Å²) in [5.74, 6) is -0.0843. The van der Waals surface area contributed by atoms with E-state index in [2.05, 4.69) is 20.5 Å². The highest BCUT2D eigenvalue weighted by atomic mass is 16.1. The van der Waals surface area contributed by atoms with Crippen LogP contribution in [0.2, 0.25) is 0 Å². The zero-order chi connectivity index (χ0) is 17.8. The maximum atomic E-state index is 12.7. The second-order valence-electron chi connectivity index (χ2n) is 6.06. The third-order valence-corrected chi connectivity index (χ3v) is 4.30. The Hall–Kier alpha value is -3.47. The van der Waals surface area contributed by atoms with Crippen LogP contribution in [-0.2, 0) is 11.2 Å². The van der Waals surface area contributed by atoms with E-state index in [1.165, 1.54) is 0 Å². The molecule has 0 bridgehead atoms. The molecule has 128 valence electrons. The molecular formula is C21H18N4O. The molecule has 0 saturated heterocycles. The lowest BCUT2D eigenvalue weighted by Gasteiger charge is -2.18. The van der Waals surface area contributed by atoms with Gasteiger partial charge in [-0.3, -0.25) is 14.9 Å². The minimum Gasteiger partial charge on any atom is -0.343 e. The van der Waals surface area contributed by atoms with Gasteiger partial charge in [0.05, 0.1) is 29.4 Å². The summed E-state index contributed by atoms with van der Waals surface area (Å²) in [7, 11) is 0. The molecule has 5 nitrogen and oxygen atoms in total. The number of aromatic amines is 1. The number of carbonyl (C=O) groups is 1. The van der Waals surface area contributed by atoms with E-state index in [0.29, 0.717) is 0 Å². The van der Waals surface area contributed by atoms with Gasteiger partial charge in [0.15, 0.2) is 0 Å². The number of H-pyrrole nitrogens is 1. The summed E-state index contributed by atoms with van der Waals surface area (Å²) in [5, 5.41) is 11.3. The fraction of sp³-hybridized carbons (Fsp3) is 0.0952. The molecular weight excluding hydrogens is 324 g/mol. The van der Waals surface area contributed by atoms with Crippen LogP contribution in [0.15, 0.2) is 79.0 Å². The Kier molecular flexibility index (Phi) is 4.43. The zero-order valence-electron chi connectivity index (χ0n) is 14.1. The lowest BCUT2D eigenvalue weighted by Crippen LogP contribution is -2.31. The van der Waals surface area contributed by atoms with Gasteiger partial charge < -0.3 is 5.32 Å². The number of nitrogens with zero attached hydrogens (tertiary/aromatic N) is 2. The molecule has 4 rings (SSSR count). The van der Waals surface area contributed by atoms with Crippen LogP contribution >= 0.6 is 0 Å². The molecule has 0 aliphatic carbocycles. The van der Waals surface area contributed by atoms with Crippen molar-refractivity contribution in [3.63, 3.8) is 0 Å². The van der Waals surface area contributed by atoms with Crippen molar-refractivity contribution in [2.75, 3.05) is 0 Å². The Morgan fingerprint density at radius 2 is 1.73 bits per heavy atom. The Morgan fingerprint density at radius 3 is 2.54 bits per heavy atom. The topological polar surface area (TPSA) is 70.7 Å². The lowest BCUT2D eigenvalue weighted by molar-refractivity contribution is -0.121. The zero-order valence-corrected chi connectivity index (χ0v) is 14.1. The standard InChI is InChI=1S/C21H18N4O/c26-20(14-19-16-10-4-5-11-17(16)24-25-19)23-21(15-8-2-1-3-9-15)18-12-6-7-13-22-18/h1-13,21H,14H2,(H,23,26)(H,24,25)/t21-/m0/s1. The average molecular weight is 342 g/mol. The van der Waals surface area contributed by atoms with Crippen LogP contribution in [0.4, 0.5) is 0 Å². The first kappa shape index (κ1) is 16.0. The molecule has 2 N–H and O–H groups in total. The van der Waals surface area contributed by atoms with Crippen molar-refractivity contribution >= 4 is 16.8 Å². The van der Waals surface area contributed by atoms with E-state index >= 15 is 0 Å². The second-order valence-corrected chi connectivity index (χ2v) is 6.06. The number of amides is 1. The van der Waals surface area contributed by atoms with Gasteiger partial charge in [0.25, 0.3) is 0 Å². The number of para-hydroxylation sites is 1. The lowest BCUT2D eigenvalue weighted by atomic mass is 10.0. The number of aromatic nitrogens is 3. The van der Waals surface area contributed by atoms with Gasteiger partial charge in [0, 0.05) is 11.6 Å². The number of rotatable bonds is 5. The van der Waals surface area contributed by atoms with Crippen LogP contribution in [-0.4, -0.2) is 21.1 Å². The van der Waals surface area contributed by atoms with E-state index < -0.39 is 0 Å². The molecule has 2 aromatic carbocycles. The van der Waals surface area contributed by atoms with Gasteiger partial charge in [-0.05, 0) is 23.8 Å². The van der Waals surface area contributed by atoms with Gasteiger partial charge in [-0.2, -0.15) is 5.10 Å². The van der Waals surface area contributed by atoms with Crippen molar-refractivity contribution in [3.05, 3.63) is 95.9 Å². The second kappa shape index (κ2) is 7.19. The fourth-order valence-electron chi connectivity index (χ4n) is 3.04. The van der Waals surface area contributed by atoms with E-state index in [-0.39, 0.29) is 18.4 Å². The first-order valence-electron chi connectivity index (χ1n) is 8.48. The summed E-state index contributed by atoms with van der Waals surface area (Å²) in [5.41, 5.74) is 3.47. The summed E-state index contributed by atoms with van der Waals surface area (Å²) >= 11 is 0. The summed E-state index contributed by atoms with van der Waals surface area (Å²) in [4.78, 5) is 17.1. The Bertz CT molecular complexity index is 972. The number of hydrogen-bond acceptors (Lipinski definition) is 3. The number of nitrogens with one attached hydrogen (secondary N) is 2. The van der Waals surface area contributed by atoms with Gasteiger partial charge in [-0.25, -0.2) is 0 Å². The van der Waals surface area contributed by atoms with Crippen LogP contribution in [0, 0.1) is 0 Å². The Labute approximate surface area is 151 Å². The van der Waals surface area contributed by atoms with Crippen LogP contribution in [0.3, 0.4) is 0 Å². The molecule has 1 atom stereocenters. The van der Waals surface area contributed by atoms with E-state index in [1.54, 1.807) is 6.20 Å². The van der Waals surface area contributed by atoms with Gasteiger partial charge >= 0.3 is 0 Å². The Balaban J connectivity index is 1.58. The van der Waals surface area contributed by atoms with Crippen LogP contribution in [0.25, 0.3) is 10.9 Å². The molecule has 0 aliphatic heterocycles. The molecule has 0 radical (unpaired) electrons. The quantitative estimate of drug-likeness (QED) is 0.584. The van der Waals surface area contributed by atoms with Gasteiger partial charge in [-0.15, -0.1) is 0 Å². The van der Waals surface area contributed by atoms with Crippen LogP contribution in [0.1, 0.15) is 23.0 Å². The van der Waals surface area contributed by atoms with Crippen molar-refractivity contribution in [2.45, 2.75) is 12.5 Å². The smallest absolute Gasteiger partial charge is 0.226 e. The number of hydrogen-bond donors (Lipinski definition) is 2. The first-order chi connectivity index (χ1) is 12.8. The highest BCUT2D eigenvalue weighted by Crippen LogP contribution is 2.21. The van der Waals surface area contributed by atoms with Crippen LogP contribution in [0.5, 0.6) is 0 Å². The maximum Gasteiger partial charge on any atom is 0.226 e. The number of fused-ring (bicyclic) bond motifs is 1. The van der Waals surface area contributed by atoms with Crippen molar-refractivity contribution in [1.29, 1.82) is 0 Å². The molecule has 5 heteroatoms. The largest absolute Gasteiger partial charge is 0.343 e. The molecule has 0 saturated carbocycles. The number of pyridine rings is 1. The Morgan fingerprint density at radius 1 is 0.962 bits per heavy atom. The molecule has 2 heterocycles. The van der Waals surface area contributed by atoms with Crippen molar-refractivity contribution in [2.24, 2.45) is 0 Å². The summed E-state index contributed by atoms with van der Waals surface area (Å²) in [6.07, 6.45) is 1.97. The SMILES string of the molecule is O=C(Cc1[nH]nc2ccccc12)N[C@@H](c1ccccc1)c1ccccn1. The molecule has 0 fully saturated rings. The number of carbonyl (C=O) groups excluding carboxylic acids is 1. The highest BCUT2D eigenvalue weighted by Gasteiger charge is 2.19. The monoisotopic (exact) mass is 342 g/mol. The number of benzene rings is 2. The van der Waals surface area contributed by atoms with Crippen molar-refractivity contribution < 1.29 is 4.79 Å². The van der Waals surface area contributed by atoms with Crippen LogP contribution < -0.4 is 5.32 Å². The fourth-order valence-corrected chi connectivity index (χ4v) is 3.04. The molecule has 1 amide bonds. The summed E-state index contributed by atoms with van der Waals surface area (Å²) in [6.45, 7) is 0. The highest BCUT2D eigenvalue weighted by molar-refractivity contribution is 5.87. The molecule has 0 aliphatic rings. The first-order valence-corrected chi connectivity index (χ1v) is 8.48. The average Bonchev–Trinajstić information content (AvgIpc) is 3.10. The predicted octanol–water partition coefficient (Wildman–Crippen LogP) is 3.41. The molecule has 2 aromatic heterocycles. The van der Waals surface area contributed by atoms with Crippen molar-refractivity contribution in [1.82, 2.24) is 20.5 Å². The summed E-state index contributed by atoms with van der Waals surface area (Å²) < 4.78 is 0. The van der Waals surface area contributed by atoms with E-state index in [9.17, 15) is 4.79 Å².